The van der Waals surface area contributed by atoms with Crippen molar-refractivity contribution in [1.29, 1.82) is 0 Å². The Morgan fingerprint density at radius 2 is 1.86 bits per heavy atom. The molecule has 8 heteroatoms. The molecule has 2 aromatic heterocycles. The van der Waals surface area contributed by atoms with Gasteiger partial charge >= 0.3 is 0 Å². The molecule has 0 amide bonds. The van der Waals surface area contributed by atoms with Crippen LogP contribution in [0, 0.1) is 5.82 Å². The molecule has 1 aromatic carbocycles. The van der Waals surface area contributed by atoms with E-state index >= 15 is 0 Å². The summed E-state index contributed by atoms with van der Waals surface area (Å²) in [4.78, 5) is 22.1. The Bertz CT molecular complexity index is 1090. The first kappa shape index (κ1) is 26.8. The summed E-state index contributed by atoms with van der Waals surface area (Å²) < 4.78 is 15.2. The Hall–Kier alpha value is -2.77. The maximum Gasteiger partial charge on any atom is 0.168 e. The summed E-state index contributed by atoms with van der Waals surface area (Å²) in [5, 5.41) is 4.44. The minimum atomic E-state index is -0.341. The van der Waals surface area contributed by atoms with Gasteiger partial charge in [0.15, 0.2) is 5.78 Å². The standard InChI is InChI=1S/C27H34FN5O.ClH/c1-20(2)33-19-21(18-29-33)11-14-32-15-12-25(13-16-32)31(3)27-6-4-5-24(30-27)17-26(34)22-7-9-23(28)10-8-22;/h4-10,18-20,25H,11-17H2,1-3H3;1H. The number of pyridine rings is 1. The van der Waals surface area contributed by atoms with E-state index in [4.69, 9.17) is 4.98 Å². The molecule has 35 heavy (non-hydrogen) atoms. The minimum absolute atomic E-state index is 0. The zero-order chi connectivity index (χ0) is 24.1. The minimum Gasteiger partial charge on any atom is -0.357 e. The number of benzene rings is 1. The molecule has 0 bridgehead atoms. The highest BCUT2D eigenvalue weighted by atomic mass is 35.5. The number of Topliss-reactive ketones (excluding diaryl/α,β-unsaturated/α-hetero) is 1. The van der Waals surface area contributed by atoms with E-state index in [9.17, 15) is 9.18 Å². The predicted octanol–water partition coefficient (Wildman–Crippen LogP) is 4.99. The summed E-state index contributed by atoms with van der Waals surface area (Å²) in [5.74, 6) is 0.495. The number of aromatic nitrogens is 3. The molecule has 1 aliphatic rings. The van der Waals surface area contributed by atoms with Gasteiger partial charge in [0.25, 0.3) is 0 Å². The molecule has 1 fully saturated rings. The maximum atomic E-state index is 13.1. The van der Waals surface area contributed by atoms with Crippen molar-refractivity contribution in [3.05, 3.63) is 77.5 Å². The molecule has 3 aromatic rings. The summed E-state index contributed by atoms with van der Waals surface area (Å²) in [6.07, 6.45) is 7.55. The van der Waals surface area contributed by atoms with Gasteiger partial charge in [0.2, 0.25) is 0 Å². The van der Waals surface area contributed by atoms with E-state index in [0.717, 1.165) is 50.4 Å². The van der Waals surface area contributed by atoms with Gasteiger partial charge in [-0.3, -0.25) is 9.48 Å². The molecule has 0 atom stereocenters. The molecule has 1 saturated heterocycles. The summed E-state index contributed by atoms with van der Waals surface area (Å²) in [6.45, 7) is 7.48. The number of piperidine rings is 1. The van der Waals surface area contributed by atoms with Crippen LogP contribution in [0.1, 0.15) is 54.3 Å². The fourth-order valence-electron chi connectivity index (χ4n) is 4.46. The van der Waals surface area contributed by atoms with Gasteiger partial charge in [0.05, 0.1) is 18.3 Å². The molecular weight excluding hydrogens is 465 g/mol. The molecule has 188 valence electrons. The second kappa shape index (κ2) is 12.3. The smallest absolute Gasteiger partial charge is 0.168 e. The average molecular weight is 500 g/mol. The van der Waals surface area contributed by atoms with Crippen LogP contribution in [-0.2, 0) is 12.8 Å². The monoisotopic (exact) mass is 499 g/mol. The van der Waals surface area contributed by atoms with Crippen molar-refractivity contribution in [3.8, 4) is 0 Å². The third kappa shape index (κ3) is 7.12. The van der Waals surface area contributed by atoms with E-state index in [2.05, 4.69) is 42.0 Å². The zero-order valence-corrected chi connectivity index (χ0v) is 21.5. The lowest BCUT2D eigenvalue weighted by Gasteiger charge is -2.37. The van der Waals surface area contributed by atoms with E-state index < -0.39 is 0 Å². The van der Waals surface area contributed by atoms with E-state index in [0.29, 0.717) is 17.6 Å². The van der Waals surface area contributed by atoms with Gasteiger partial charge in [0, 0.05) is 50.5 Å². The lowest BCUT2D eigenvalue weighted by Crippen LogP contribution is -2.44. The summed E-state index contributed by atoms with van der Waals surface area (Å²) >= 11 is 0. The summed E-state index contributed by atoms with van der Waals surface area (Å²) in [5.41, 5.74) is 2.54. The van der Waals surface area contributed by atoms with Crippen molar-refractivity contribution in [3.63, 3.8) is 0 Å². The number of hydrogen-bond acceptors (Lipinski definition) is 5. The van der Waals surface area contributed by atoms with E-state index in [1.54, 1.807) is 0 Å². The molecule has 0 N–H and O–H groups in total. The average Bonchev–Trinajstić information content (AvgIpc) is 3.33. The van der Waals surface area contributed by atoms with Crippen molar-refractivity contribution in [2.75, 3.05) is 31.6 Å². The fourth-order valence-corrected chi connectivity index (χ4v) is 4.46. The quantitative estimate of drug-likeness (QED) is 0.388. The van der Waals surface area contributed by atoms with Crippen molar-refractivity contribution in [2.24, 2.45) is 0 Å². The van der Waals surface area contributed by atoms with Gasteiger partial charge in [-0.15, -0.1) is 12.4 Å². The predicted molar refractivity (Wildman–Crippen MR) is 140 cm³/mol. The molecular formula is C27H35ClFN5O. The van der Waals surface area contributed by atoms with Crippen LogP contribution in [0.4, 0.5) is 10.2 Å². The lowest BCUT2D eigenvalue weighted by molar-refractivity contribution is 0.0992. The highest BCUT2D eigenvalue weighted by Crippen LogP contribution is 2.22. The maximum absolute atomic E-state index is 13.1. The number of ketones is 1. The van der Waals surface area contributed by atoms with Crippen molar-refractivity contribution in [1.82, 2.24) is 19.7 Å². The van der Waals surface area contributed by atoms with E-state index in [-0.39, 0.29) is 30.4 Å². The normalized spacial score (nSPS) is 14.7. The molecule has 0 unspecified atom stereocenters. The lowest BCUT2D eigenvalue weighted by atomic mass is 10.0. The van der Waals surface area contributed by atoms with Crippen LogP contribution >= 0.6 is 12.4 Å². The van der Waals surface area contributed by atoms with Crippen molar-refractivity contribution < 1.29 is 9.18 Å². The van der Waals surface area contributed by atoms with Gasteiger partial charge in [-0.05, 0) is 75.1 Å². The topological polar surface area (TPSA) is 54.3 Å². The molecule has 4 rings (SSSR count). The number of hydrogen-bond donors (Lipinski definition) is 0. The van der Waals surface area contributed by atoms with Crippen molar-refractivity contribution >= 4 is 24.0 Å². The first-order valence-corrected chi connectivity index (χ1v) is 12.1. The highest BCUT2D eigenvalue weighted by Gasteiger charge is 2.23. The number of likely N-dealkylation sites (tertiary alicyclic amines) is 1. The SMILES string of the molecule is CC(C)n1cc(CCN2CCC(N(C)c3cccc(CC(=O)c4ccc(F)cc4)n3)CC2)cn1.Cl. The van der Waals surface area contributed by atoms with Crippen LogP contribution in [-0.4, -0.2) is 58.2 Å². The second-order valence-electron chi connectivity index (χ2n) is 9.45. The number of anilines is 1. The van der Waals surface area contributed by atoms with Gasteiger partial charge in [-0.1, -0.05) is 6.07 Å². The Labute approximate surface area is 213 Å². The molecule has 0 radical (unpaired) electrons. The number of nitrogens with zero attached hydrogens (tertiary/aromatic N) is 5. The Balaban J connectivity index is 0.00000342. The number of carbonyl (C=O) groups is 1. The zero-order valence-electron chi connectivity index (χ0n) is 20.7. The third-order valence-corrected chi connectivity index (χ3v) is 6.67. The molecule has 6 nitrogen and oxygen atoms in total. The first-order valence-electron chi connectivity index (χ1n) is 12.1. The highest BCUT2D eigenvalue weighted by molar-refractivity contribution is 5.97. The van der Waals surface area contributed by atoms with Crippen molar-refractivity contribution in [2.45, 2.75) is 51.6 Å². The van der Waals surface area contributed by atoms with Gasteiger partial charge in [0.1, 0.15) is 11.6 Å². The van der Waals surface area contributed by atoms with E-state index in [1.165, 1.54) is 29.8 Å². The molecule has 0 spiro atoms. The number of carbonyl (C=O) groups excluding carboxylic acids is 1. The van der Waals surface area contributed by atoms with Crippen LogP contribution in [0.25, 0.3) is 0 Å². The largest absolute Gasteiger partial charge is 0.357 e. The van der Waals surface area contributed by atoms with Gasteiger partial charge in [-0.25, -0.2) is 9.37 Å². The van der Waals surface area contributed by atoms with Crippen LogP contribution in [0.3, 0.4) is 0 Å². The van der Waals surface area contributed by atoms with Gasteiger partial charge < -0.3 is 9.80 Å². The van der Waals surface area contributed by atoms with Crippen LogP contribution in [0.15, 0.2) is 54.9 Å². The second-order valence-corrected chi connectivity index (χ2v) is 9.45. The number of halogens is 2. The molecule has 1 aliphatic heterocycles. The first-order chi connectivity index (χ1) is 16.4. The Morgan fingerprint density at radius 1 is 1.14 bits per heavy atom. The third-order valence-electron chi connectivity index (χ3n) is 6.67. The van der Waals surface area contributed by atoms with Crippen LogP contribution in [0.2, 0.25) is 0 Å². The Morgan fingerprint density at radius 3 is 2.51 bits per heavy atom. The summed E-state index contributed by atoms with van der Waals surface area (Å²) in [6, 6.07) is 12.3. The summed E-state index contributed by atoms with van der Waals surface area (Å²) in [7, 11) is 2.09. The van der Waals surface area contributed by atoms with E-state index in [1.807, 2.05) is 29.1 Å². The van der Waals surface area contributed by atoms with Crippen LogP contribution < -0.4 is 4.90 Å². The number of rotatable bonds is 9. The van der Waals surface area contributed by atoms with Crippen LogP contribution in [0.5, 0.6) is 0 Å². The Kier molecular flexibility index (Phi) is 9.40. The fraction of sp³-hybridized carbons (Fsp3) is 0.444. The van der Waals surface area contributed by atoms with Gasteiger partial charge in [-0.2, -0.15) is 5.10 Å². The molecule has 3 heterocycles. The molecule has 0 saturated carbocycles. The molecule has 0 aliphatic carbocycles.